The van der Waals surface area contributed by atoms with Gasteiger partial charge in [0.05, 0.1) is 22.7 Å². The Balaban J connectivity index is 1.32. The molecule has 0 saturated heterocycles. The summed E-state index contributed by atoms with van der Waals surface area (Å²) in [5, 5.41) is 11.9. The molecule has 1 aliphatic rings. The fourth-order valence-electron chi connectivity index (χ4n) is 7.97. The van der Waals surface area contributed by atoms with E-state index in [1.54, 1.807) is 0 Å². The molecule has 0 amide bonds. The first-order chi connectivity index (χ1) is 24.8. The van der Waals surface area contributed by atoms with Gasteiger partial charge in [0.1, 0.15) is 0 Å². The molecular formula is C48H32N2. The van der Waals surface area contributed by atoms with Crippen molar-refractivity contribution in [2.24, 2.45) is 0 Å². The molecule has 0 saturated carbocycles. The second-order valence-electron chi connectivity index (χ2n) is 12.8. The van der Waals surface area contributed by atoms with E-state index in [0.717, 1.165) is 28.2 Å². The van der Waals surface area contributed by atoms with Gasteiger partial charge in [0.2, 0.25) is 0 Å². The third-order valence-corrected chi connectivity index (χ3v) is 10.1. The third kappa shape index (κ3) is 4.64. The standard InChI is InChI=1S/C48H32N2/c49-33-34-13-11-16-37(31-34)36-25-28-41(29-26-36)50(42-30-27-35-14-7-8-15-38(35)32-42)46-24-12-23-45-47(46)43-21-9-10-22-44(43)48(45,39-17-3-1-4-18-39)40-19-5-2-6-20-40/h1-32H. The third-order valence-electron chi connectivity index (χ3n) is 10.1. The zero-order valence-corrected chi connectivity index (χ0v) is 27.4. The van der Waals surface area contributed by atoms with Crippen LogP contribution >= 0.6 is 0 Å². The maximum Gasteiger partial charge on any atom is 0.0991 e. The molecule has 8 aromatic rings. The lowest BCUT2D eigenvalue weighted by Gasteiger charge is -2.34. The second-order valence-corrected chi connectivity index (χ2v) is 12.8. The lowest BCUT2D eigenvalue weighted by atomic mass is 9.68. The fourth-order valence-corrected chi connectivity index (χ4v) is 7.97. The van der Waals surface area contributed by atoms with E-state index in [9.17, 15) is 5.26 Å². The van der Waals surface area contributed by atoms with Crippen molar-refractivity contribution in [3.05, 3.63) is 222 Å². The molecule has 8 aromatic carbocycles. The second kappa shape index (κ2) is 12.1. The van der Waals surface area contributed by atoms with E-state index in [1.165, 1.54) is 44.2 Å². The SMILES string of the molecule is N#Cc1cccc(-c2ccc(N(c3ccc4ccccc4c3)c3cccc4c3-c3ccccc3C4(c3ccccc3)c3ccccc3)cc2)c1. The van der Waals surface area contributed by atoms with Gasteiger partial charge in [0, 0.05) is 16.9 Å². The molecule has 2 heteroatoms. The van der Waals surface area contributed by atoms with Crippen molar-refractivity contribution in [2.75, 3.05) is 4.90 Å². The number of hydrogen-bond donors (Lipinski definition) is 0. The minimum Gasteiger partial charge on any atom is -0.310 e. The summed E-state index contributed by atoms with van der Waals surface area (Å²) in [5.74, 6) is 0. The van der Waals surface area contributed by atoms with E-state index >= 15 is 0 Å². The normalized spacial score (nSPS) is 12.5. The van der Waals surface area contributed by atoms with Crippen LogP contribution in [0.5, 0.6) is 0 Å². The Morgan fingerprint density at radius 3 is 1.80 bits per heavy atom. The van der Waals surface area contributed by atoms with Crippen LogP contribution in [0.25, 0.3) is 33.0 Å². The Kier molecular flexibility index (Phi) is 7.12. The smallest absolute Gasteiger partial charge is 0.0991 e. The summed E-state index contributed by atoms with van der Waals surface area (Å²) < 4.78 is 0. The molecular weight excluding hydrogens is 605 g/mol. The summed E-state index contributed by atoms with van der Waals surface area (Å²) in [6, 6.07) is 71.7. The van der Waals surface area contributed by atoms with Crippen molar-refractivity contribution in [2.45, 2.75) is 5.41 Å². The van der Waals surface area contributed by atoms with E-state index in [4.69, 9.17) is 0 Å². The summed E-state index contributed by atoms with van der Waals surface area (Å²) in [6.45, 7) is 0. The number of nitrogens with zero attached hydrogens (tertiary/aromatic N) is 2. The minimum absolute atomic E-state index is 0.491. The molecule has 0 fully saturated rings. The van der Waals surface area contributed by atoms with E-state index in [0.29, 0.717) is 5.56 Å². The Morgan fingerprint density at radius 1 is 0.440 bits per heavy atom. The molecule has 0 spiro atoms. The number of nitriles is 1. The lowest BCUT2D eigenvalue weighted by molar-refractivity contribution is 0.768. The largest absolute Gasteiger partial charge is 0.310 e. The van der Waals surface area contributed by atoms with Gasteiger partial charge in [0.25, 0.3) is 0 Å². The maximum absolute atomic E-state index is 9.53. The van der Waals surface area contributed by atoms with Gasteiger partial charge in [0.15, 0.2) is 0 Å². The highest BCUT2D eigenvalue weighted by Crippen LogP contribution is 2.59. The maximum atomic E-state index is 9.53. The van der Waals surface area contributed by atoms with Crippen LogP contribution in [0.4, 0.5) is 17.1 Å². The molecule has 9 rings (SSSR count). The van der Waals surface area contributed by atoms with Crippen LogP contribution in [0, 0.1) is 11.3 Å². The first-order valence-electron chi connectivity index (χ1n) is 17.0. The highest BCUT2D eigenvalue weighted by molar-refractivity contribution is 5.98. The van der Waals surface area contributed by atoms with E-state index < -0.39 is 5.41 Å². The fraction of sp³-hybridized carbons (Fsp3) is 0.0208. The van der Waals surface area contributed by atoms with Crippen LogP contribution in [-0.2, 0) is 5.41 Å². The van der Waals surface area contributed by atoms with Crippen molar-refractivity contribution in [3.63, 3.8) is 0 Å². The zero-order valence-electron chi connectivity index (χ0n) is 27.4. The molecule has 0 aromatic heterocycles. The quantitative estimate of drug-likeness (QED) is 0.182. The summed E-state index contributed by atoms with van der Waals surface area (Å²) in [5.41, 5.74) is 13.0. The number of rotatable bonds is 6. The molecule has 0 aliphatic heterocycles. The number of hydrogen-bond acceptors (Lipinski definition) is 2. The Hall–Kier alpha value is -6.69. The molecule has 0 heterocycles. The Labute approximate surface area is 292 Å². The van der Waals surface area contributed by atoms with Gasteiger partial charge in [-0.15, -0.1) is 0 Å². The van der Waals surface area contributed by atoms with Gasteiger partial charge < -0.3 is 4.90 Å². The van der Waals surface area contributed by atoms with Crippen LogP contribution in [0.15, 0.2) is 194 Å². The molecule has 0 bridgehead atoms. The topological polar surface area (TPSA) is 27.0 Å². The highest BCUT2D eigenvalue weighted by atomic mass is 15.1. The molecule has 2 nitrogen and oxygen atoms in total. The molecule has 50 heavy (non-hydrogen) atoms. The number of benzene rings is 8. The van der Waals surface area contributed by atoms with Crippen molar-refractivity contribution in [1.29, 1.82) is 5.26 Å². The van der Waals surface area contributed by atoms with Gasteiger partial charge >= 0.3 is 0 Å². The molecule has 0 unspecified atom stereocenters. The first-order valence-corrected chi connectivity index (χ1v) is 17.0. The first kappa shape index (κ1) is 29.4. The highest BCUT2D eigenvalue weighted by Gasteiger charge is 2.47. The predicted octanol–water partition coefficient (Wildman–Crippen LogP) is 12.2. The van der Waals surface area contributed by atoms with Gasteiger partial charge in [-0.3, -0.25) is 0 Å². The van der Waals surface area contributed by atoms with E-state index in [-0.39, 0.29) is 0 Å². The van der Waals surface area contributed by atoms with Crippen molar-refractivity contribution >= 4 is 27.8 Å². The van der Waals surface area contributed by atoms with Crippen molar-refractivity contribution < 1.29 is 0 Å². The average Bonchev–Trinajstić information content (AvgIpc) is 3.51. The van der Waals surface area contributed by atoms with Gasteiger partial charge in [-0.2, -0.15) is 5.26 Å². The van der Waals surface area contributed by atoms with Crippen LogP contribution < -0.4 is 4.90 Å². The molecule has 0 N–H and O–H groups in total. The molecule has 1 aliphatic carbocycles. The Morgan fingerprint density at radius 2 is 1.06 bits per heavy atom. The minimum atomic E-state index is -0.491. The van der Waals surface area contributed by atoms with Gasteiger partial charge in [-0.1, -0.05) is 152 Å². The summed E-state index contributed by atoms with van der Waals surface area (Å²) in [4.78, 5) is 2.41. The molecule has 0 radical (unpaired) electrons. The zero-order chi connectivity index (χ0) is 33.5. The van der Waals surface area contributed by atoms with E-state index in [2.05, 4.69) is 187 Å². The summed E-state index contributed by atoms with van der Waals surface area (Å²) >= 11 is 0. The van der Waals surface area contributed by atoms with Gasteiger partial charge in [-0.25, -0.2) is 0 Å². The van der Waals surface area contributed by atoms with Crippen molar-refractivity contribution in [3.8, 4) is 28.3 Å². The van der Waals surface area contributed by atoms with Crippen LogP contribution in [0.3, 0.4) is 0 Å². The summed E-state index contributed by atoms with van der Waals surface area (Å²) in [6.07, 6.45) is 0. The molecule has 0 atom stereocenters. The monoisotopic (exact) mass is 636 g/mol. The lowest BCUT2D eigenvalue weighted by Crippen LogP contribution is -2.28. The van der Waals surface area contributed by atoms with E-state index in [1.807, 2.05) is 18.2 Å². The van der Waals surface area contributed by atoms with Gasteiger partial charge in [-0.05, 0) is 92.2 Å². The average molecular weight is 637 g/mol. The van der Waals surface area contributed by atoms with Crippen LogP contribution in [-0.4, -0.2) is 0 Å². The van der Waals surface area contributed by atoms with Crippen LogP contribution in [0.1, 0.15) is 27.8 Å². The van der Waals surface area contributed by atoms with Crippen molar-refractivity contribution in [1.82, 2.24) is 0 Å². The molecule has 234 valence electrons. The number of fused-ring (bicyclic) bond motifs is 4. The van der Waals surface area contributed by atoms with Crippen LogP contribution in [0.2, 0.25) is 0 Å². The number of anilines is 3. The summed E-state index contributed by atoms with van der Waals surface area (Å²) in [7, 11) is 0. The predicted molar refractivity (Wildman–Crippen MR) is 206 cm³/mol. The Bertz CT molecular complexity index is 2500.